The summed E-state index contributed by atoms with van der Waals surface area (Å²) in [7, 11) is 0. The zero-order valence-electron chi connectivity index (χ0n) is 9.79. The fourth-order valence-corrected chi connectivity index (χ4v) is 2.11. The van der Waals surface area contributed by atoms with E-state index >= 15 is 0 Å². The van der Waals surface area contributed by atoms with E-state index in [1.54, 1.807) is 0 Å². The number of hydrogen-bond acceptors (Lipinski definition) is 2. The van der Waals surface area contributed by atoms with Crippen molar-refractivity contribution in [3.05, 3.63) is 29.6 Å². The topological polar surface area (TPSA) is 22.1 Å². The first-order chi connectivity index (χ1) is 7.06. The average Bonchev–Trinajstić information content (AvgIpc) is 2.16. The van der Waals surface area contributed by atoms with Crippen LogP contribution < -0.4 is 0 Å². The van der Waals surface area contributed by atoms with E-state index in [9.17, 15) is 0 Å². The van der Waals surface area contributed by atoms with E-state index < -0.39 is 0 Å². The molecule has 0 spiro atoms. The van der Waals surface area contributed by atoms with Gasteiger partial charge in [0, 0.05) is 6.20 Å². The molecule has 0 unspecified atom stereocenters. The fourth-order valence-electron chi connectivity index (χ4n) is 2.11. The van der Waals surface area contributed by atoms with E-state index in [0.717, 1.165) is 18.5 Å². The molecule has 2 rings (SSSR count). The molecule has 15 heavy (non-hydrogen) atoms. The Labute approximate surface area is 91.7 Å². The van der Waals surface area contributed by atoms with Crippen LogP contribution >= 0.6 is 0 Å². The predicted octanol–water partition coefficient (Wildman–Crippen LogP) is 3.27. The van der Waals surface area contributed by atoms with Gasteiger partial charge in [0.05, 0.1) is 11.3 Å². The molecule has 0 fully saturated rings. The minimum Gasteiger partial charge on any atom is -0.366 e. The minimum atomic E-state index is -0.0865. The van der Waals surface area contributed by atoms with Crippen LogP contribution in [0.25, 0.3) is 0 Å². The molecule has 2 heteroatoms. The number of rotatable bonds is 1. The maximum atomic E-state index is 6.04. The van der Waals surface area contributed by atoms with Gasteiger partial charge in [-0.25, -0.2) is 0 Å². The monoisotopic (exact) mass is 205 g/mol. The van der Waals surface area contributed by atoms with E-state index in [1.807, 2.05) is 12.3 Å². The first kappa shape index (κ1) is 10.6. The molecule has 1 atom stereocenters. The zero-order valence-corrected chi connectivity index (χ0v) is 9.79. The van der Waals surface area contributed by atoms with E-state index in [-0.39, 0.29) is 11.7 Å². The maximum absolute atomic E-state index is 6.04. The Bertz CT molecular complexity index is 341. The fraction of sp³-hybridized carbons (Fsp3) is 0.615. The Balaban J connectivity index is 2.22. The van der Waals surface area contributed by atoms with Gasteiger partial charge in [-0.3, -0.25) is 4.98 Å². The molecule has 0 aliphatic heterocycles. The van der Waals surface area contributed by atoms with Gasteiger partial charge in [0.25, 0.3) is 0 Å². The molecule has 0 bridgehead atoms. The van der Waals surface area contributed by atoms with E-state index in [2.05, 4.69) is 31.8 Å². The van der Waals surface area contributed by atoms with Crippen molar-refractivity contribution in [2.24, 2.45) is 0 Å². The van der Waals surface area contributed by atoms with Crippen molar-refractivity contribution in [1.29, 1.82) is 0 Å². The van der Waals surface area contributed by atoms with Crippen molar-refractivity contribution in [3.63, 3.8) is 0 Å². The van der Waals surface area contributed by atoms with Crippen LogP contribution in [0.5, 0.6) is 0 Å². The van der Waals surface area contributed by atoms with Crippen LogP contribution in [0.2, 0.25) is 0 Å². The highest BCUT2D eigenvalue weighted by Crippen LogP contribution is 2.33. The summed E-state index contributed by atoms with van der Waals surface area (Å²) in [5.41, 5.74) is 2.42. The number of ether oxygens (including phenoxy) is 1. The molecule has 1 aliphatic rings. The molecular formula is C13H19NO. The smallest absolute Gasteiger partial charge is 0.100 e. The summed E-state index contributed by atoms with van der Waals surface area (Å²) in [5.74, 6) is 0. The molecule has 0 N–H and O–H groups in total. The highest BCUT2D eigenvalue weighted by molar-refractivity contribution is 5.24. The molecule has 2 nitrogen and oxygen atoms in total. The lowest BCUT2D eigenvalue weighted by atomic mass is 9.93. The van der Waals surface area contributed by atoms with Gasteiger partial charge in [0.15, 0.2) is 0 Å². The normalized spacial score (nSPS) is 21.1. The molecule has 1 aromatic rings. The number of aryl methyl sites for hydroxylation is 1. The van der Waals surface area contributed by atoms with Crippen molar-refractivity contribution in [2.45, 2.75) is 51.7 Å². The Morgan fingerprint density at radius 1 is 1.40 bits per heavy atom. The van der Waals surface area contributed by atoms with Crippen LogP contribution in [0.4, 0.5) is 0 Å². The average molecular weight is 205 g/mol. The summed E-state index contributed by atoms with van der Waals surface area (Å²) in [6, 6.07) is 4.18. The van der Waals surface area contributed by atoms with Gasteiger partial charge in [-0.05, 0) is 51.7 Å². The molecule has 1 aliphatic carbocycles. The van der Waals surface area contributed by atoms with Crippen LogP contribution in [0.3, 0.4) is 0 Å². The van der Waals surface area contributed by atoms with Gasteiger partial charge >= 0.3 is 0 Å². The van der Waals surface area contributed by atoms with E-state index in [0.29, 0.717) is 0 Å². The Morgan fingerprint density at radius 3 is 2.93 bits per heavy atom. The third-order valence-corrected chi connectivity index (χ3v) is 2.64. The molecule has 82 valence electrons. The highest BCUT2D eigenvalue weighted by Gasteiger charge is 2.26. The lowest BCUT2D eigenvalue weighted by molar-refractivity contribution is -0.0703. The summed E-state index contributed by atoms with van der Waals surface area (Å²) in [5, 5.41) is 0. The minimum absolute atomic E-state index is 0.0865. The molecule has 0 saturated carbocycles. The number of pyridine rings is 1. The van der Waals surface area contributed by atoms with Crippen LogP contribution in [-0.4, -0.2) is 10.6 Å². The van der Waals surface area contributed by atoms with Crippen molar-refractivity contribution < 1.29 is 4.74 Å². The van der Waals surface area contributed by atoms with Gasteiger partial charge in [0.1, 0.15) is 6.10 Å². The number of aromatic nitrogens is 1. The Morgan fingerprint density at radius 2 is 2.20 bits per heavy atom. The SMILES string of the molecule is CC(C)(C)O[C@H]1CCCc2cccnc21. The number of fused-ring (bicyclic) bond motifs is 1. The number of hydrogen-bond donors (Lipinski definition) is 0. The summed E-state index contributed by atoms with van der Waals surface area (Å²) >= 11 is 0. The van der Waals surface area contributed by atoms with Crippen molar-refractivity contribution in [2.75, 3.05) is 0 Å². The van der Waals surface area contributed by atoms with Crippen LogP contribution in [-0.2, 0) is 11.2 Å². The summed E-state index contributed by atoms with van der Waals surface area (Å²) in [4.78, 5) is 4.46. The summed E-state index contributed by atoms with van der Waals surface area (Å²) < 4.78 is 6.04. The Hall–Kier alpha value is -0.890. The highest BCUT2D eigenvalue weighted by atomic mass is 16.5. The molecule has 0 amide bonds. The zero-order chi connectivity index (χ0) is 10.9. The third kappa shape index (κ3) is 2.57. The second-order valence-electron chi connectivity index (χ2n) is 5.16. The molecular weight excluding hydrogens is 186 g/mol. The largest absolute Gasteiger partial charge is 0.366 e. The van der Waals surface area contributed by atoms with Gasteiger partial charge in [0.2, 0.25) is 0 Å². The molecule has 0 radical (unpaired) electrons. The standard InChI is InChI=1S/C13H19NO/c1-13(2,3)15-11-8-4-6-10-7-5-9-14-12(10)11/h5,7,9,11H,4,6,8H2,1-3H3/t11-/m0/s1. The summed E-state index contributed by atoms with van der Waals surface area (Å²) in [6.07, 6.45) is 5.51. The first-order valence-corrected chi connectivity index (χ1v) is 5.68. The first-order valence-electron chi connectivity index (χ1n) is 5.68. The van der Waals surface area contributed by atoms with E-state index in [4.69, 9.17) is 4.74 Å². The summed E-state index contributed by atoms with van der Waals surface area (Å²) in [6.45, 7) is 6.30. The molecule has 0 saturated heterocycles. The maximum Gasteiger partial charge on any atom is 0.100 e. The Kier molecular flexibility index (Phi) is 2.79. The van der Waals surface area contributed by atoms with Crippen LogP contribution in [0.15, 0.2) is 18.3 Å². The predicted molar refractivity (Wildman–Crippen MR) is 60.8 cm³/mol. The van der Waals surface area contributed by atoms with Crippen LogP contribution in [0, 0.1) is 0 Å². The van der Waals surface area contributed by atoms with Gasteiger partial charge < -0.3 is 4.74 Å². The second kappa shape index (κ2) is 3.93. The van der Waals surface area contributed by atoms with Gasteiger partial charge in [-0.2, -0.15) is 0 Å². The van der Waals surface area contributed by atoms with Gasteiger partial charge in [-0.15, -0.1) is 0 Å². The second-order valence-corrected chi connectivity index (χ2v) is 5.16. The lowest BCUT2D eigenvalue weighted by Crippen LogP contribution is -2.25. The lowest BCUT2D eigenvalue weighted by Gasteiger charge is -2.31. The third-order valence-electron chi connectivity index (χ3n) is 2.64. The number of nitrogens with zero attached hydrogens (tertiary/aromatic N) is 1. The van der Waals surface area contributed by atoms with E-state index in [1.165, 1.54) is 12.0 Å². The van der Waals surface area contributed by atoms with Crippen molar-refractivity contribution >= 4 is 0 Å². The molecule has 1 aromatic heterocycles. The quantitative estimate of drug-likeness (QED) is 0.702. The molecule has 0 aromatic carbocycles. The van der Waals surface area contributed by atoms with Crippen molar-refractivity contribution in [1.82, 2.24) is 4.98 Å². The molecule has 1 heterocycles. The van der Waals surface area contributed by atoms with Gasteiger partial charge in [-0.1, -0.05) is 6.07 Å². The van der Waals surface area contributed by atoms with Crippen molar-refractivity contribution in [3.8, 4) is 0 Å². The van der Waals surface area contributed by atoms with Crippen LogP contribution in [0.1, 0.15) is 51.0 Å².